The molecule has 140 valence electrons. The summed E-state index contributed by atoms with van der Waals surface area (Å²) in [5.74, 6) is 1.51. The molecule has 6 heteroatoms. The van der Waals surface area contributed by atoms with Crippen molar-refractivity contribution in [1.82, 2.24) is 19.9 Å². The topological polar surface area (TPSA) is 71.3 Å². The minimum absolute atomic E-state index is 0.0520. The monoisotopic (exact) mass is 355 g/mol. The van der Waals surface area contributed by atoms with Crippen molar-refractivity contribution in [3.63, 3.8) is 0 Å². The number of hydrogen-bond donors (Lipinski definition) is 2. The molecule has 0 aromatic carbocycles. The van der Waals surface area contributed by atoms with Crippen molar-refractivity contribution < 1.29 is 4.79 Å². The Morgan fingerprint density at radius 3 is 2.58 bits per heavy atom. The number of nitrogens with zero attached hydrogens (tertiary/aromatic N) is 3. The van der Waals surface area contributed by atoms with Gasteiger partial charge in [0.05, 0.1) is 6.20 Å². The third-order valence-corrected chi connectivity index (χ3v) is 5.85. The largest absolute Gasteiger partial charge is 0.370 e. The Labute approximate surface area is 154 Å². The number of anilines is 1. The Balaban J connectivity index is 1.44. The average molecular weight is 355 g/mol. The lowest BCUT2D eigenvalue weighted by Crippen LogP contribution is -2.36. The van der Waals surface area contributed by atoms with Crippen LogP contribution in [0.4, 0.5) is 5.82 Å². The second kappa shape index (κ2) is 8.06. The van der Waals surface area contributed by atoms with E-state index in [1.807, 2.05) is 12.3 Å². The maximum Gasteiger partial charge on any atom is 0.256 e. The number of hydrogen-bond acceptors (Lipinski definition) is 4. The molecule has 2 fully saturated rings. The van der Waals surface area contributed by atoms with E-state index in [0.29, 0.717) is 17.3 Å². The fraction of sp³-hybridized carbons (Fsp3) is 0.650. The number of rotatable bonds is 5. The van der Waals surface area contributed by atoms with E-state index in [9.17, 15) is 4.79 Å². The Hall–Kier alpha value is -2.11. The molecule has 0 unspecified atom stereocenters. The van der Waals surface area contributed by atoms with Crippen molar-refractivity contribution in [2.45, 2.75) is 70.3 Å². The van der Waals surface area contributed by atoms with Crippen molar-refractivity contribution >= 4 is 17.4 Å². The second-order valence-corrected chi connectivity index (χ2v) is 7.83. The summed E-state index contributed by atoms with van der Waals surface area (Å²) in [7, 11) is 0. The van der Waals surface area contributed by atoms with Crippen LogP contribution in [-0.4, -0.2) is 33.1 Å². The van der Waals surface area contributed by atoms with E-state index in [1.165, 1.54) is 51.4 Å². The maximum atomic E-state index is 12.7. The van der Waals surface area contributed by atoms with Gasteiger partial charge in [0.25, 0.3) is 5.91 Å². The molecule has 2 aromatic heterocycles. The van der Waals surface area contributed by atoms with Gasteiger partial charge in [-0.05, 0) is 37.7 Å². The van der Waals surface area contributed by atoms with Gasteiger partial charge in [0, 0.05) is 18.8 Å². The van der Waals surface area contributed by atoms with Gasteiger partial charge in [0.2, 0.25) is 0 Å². The first-order valence-corrected chi connectivity index (χ1v) is 10.2. The highest BCUT2D eigenvalue weighted by Gasteiger charge is 2.20. The summed E-state index contributed by atoms with van der Waals surface area (Å²) in [5, 5.41) is 10.9. The molecule has 2 saturated carbocycles. The Bertz CT molecular complexity index is 744. The van der Waals surface area contributed by atoms with Gasteiger partial charge in [0.15, 0.2) is 5.65 Å². The van der Waals surface area contributed by atoms with Gasteiger partial charge in [0.1, 0.15) is 11.4 Å². The molecule has 0 radical (unpaired) electrons. The summed E-state index contributed by atoms with van der Waals surface area (Å²) < 4.78 is 1.68. The van der Waals surface area contributed by atoms with Gasteiger partial charge < -0.3 is 10.6 Å². The number of carbonyl (C=O) groups is 1. The Kier molecular flexibility index (Phi) is 5.37. The molecular formula is C20H29N5O. The van der Waals surface area contributed by atoms with Gasteiger partial charge in [-0.2, -0.15) is 5.10 Å². The SMILES string of the molecule is O=C(NC1CCCCC1)c1cnn2ccc(NCC3CCCCC3)nc12. The molecule has 0 spiro atoms. The van der Waals surface area contributed by atoms with Crippen molar-refractivity contribution in [2.75, 3.05) is 11.9 Å². The zero-order valence-electron chi connectivity index (χ0n) is 15.4. The fourth-order valence-electron chi connectivity index (χ4n) is 4.28. The van der Waals surface area contributed by atoms with Crippen LogP contribution in [0.1, 0.15) is 74.6 Å². The van der Waals surface area contributed by atoms with Gasteiger partial charge in [-0.3, -0.25) is 4.79 Å². The zero-order chi connectivity index (χ0) is 17.8. The zero-order valence-corrected chi connectivity index (χ0v) is 15.4. The molecular weight excluding hydrogens is 326 g/mol. The lowest BCUT2D eigenvalue weighted by atomic mass is 9.89. The van der Waals surface area contributed by atoms with E-state index in [2.05, 4.69) is 20.7 Å². The summed E-state index contributed by atoms with van der Waals surface area (Å²) in [6.45, 7) is 0.959. The first-order valence-electron chi connectivity index (χ1n) is 10.2. The Morgan fingerprint density at radius 2 is 1.81 bits per heavy atom. The first-order chi connectivity index (χ1) is 12.8. The standard InChI is InChI=1S/C20H29N5O/c26-20(23-16-9-5-2-6-10-16)17-14-22-25-12-11-18(24-19(17)25)21-13-15-7-3-1-4-8-15/h11-12,14-16H,1-10,13H2,(H,21,24)(H,23,26). The highest BCUT2D eigenvalue weighted by Crippen LogP contribution is 2.24. The molecule has 26 heavy (non-hydrogen) atoms. The molecule has 0 atom stereocenters. The number of amides is 1. The molecule has 2 aliphatic carbocycles. The van der Waals surface area contributed by atoms with E-state index in [0.717, 1.165) is 31.1 Å². The minimum atomic E-state index is -0.0520. The Morgan fingerprint density at radius 1 is 1.08 bits per heavy atom. The predicted molar refractivity (Wildman–Crippen MR) is 102 cm³/mol. The lowest BCUT2D eigenvalue weighted by Gasteiger charge is -2.22. The van der Waals surface area contributed by atoms with Crippen molar-refractivity contribution in [2.24, 2.45) is 5.92 Å². The van der Waals surface area contributed by atoms with Gasteiger partial charge in [-0.1, -0.05) is 38.5 Å². The summed E-state index contributed by atoms with van der Waals surface area (Å²) in [6, 6.07) is 2.23. The van der Waals surface area contributed by atoms with E-state index >= 15 is 0 Å². The smallest absolute Gasteiger partial charge is 0.256 e. The number of nitrogens with one attached hydrogen (secondary N) is 2. The van der Waals surface area contributed by atoms with Crippen LogP contribution in [0.5, 0.6) is 0 Å². The molecule has 4 rings (SSSR count). The van der Waals surface area contributed by atoms with E-state index < -0.39 is 0 Å². The van der Waals surface area contributed by atoms with Gasteiger partial charge in [-0.25, -0.2) is 9.50 Å². The summed E-state index contributed by atoms with van der Waals surface area (Å²) in [5.41, 5.74) is 1.20. The molecule has 0 aliphatic heterocycles. The number of aromatic nitrogens is 3. The minimum Gasteiger partial charge on any atom is -0.370 e. The molecule has 2 N–H and O–H groups in total. The lowest BCUT2D eigenvalue weighted by molar-refractivity contribution is 0.0929. The molecule has 0 bridgehead atoms. The highest BCUT2D eigenvalue weighted by molar-refractivity contribution is 5.99. The van der Waals surface area contributed by atoms with Crippen LogP contribution in [-0.2, 0) is 0 Å². The predicted octanol–water partition coefficient (Wildman–Crippen LogP) is 3.78. The van der Waals surface area contributed by atoms with Gasteiger partial charge >= 0.3 is 0 Å². The molecule has 2 heterocycles. The van der Waals surface area contributed by atoms with Crippen LogP contribution >= 0.6 is 0 Å². The van der Waals surface area contributed by atoms with E-state index in [4.69, 9.17) is 0 Å². The highest BCUT2D eigenvalue weighted by atomic mass is 16.1. The van der Waals surface area contributed by atoms with Crippen LogP contribution in [0.3, 0.4) is 0 Å². The number of carbonyl (C=O) groups excluding carboxylic acids is 1. The van der Waals surface area contributed by atoms with Crippen molar-refractivity contribution in [3.8, 4) is 0 Å². The maximum absolute atomic E-state index is 12.7. The second-order valence-electron chi connectivity index (χ2n) is 7.83. The third kappa shape index (κ3) is 4.00. The average Bonchev–Trinajstić information content (AvgIpc) is 3.11. The summed E-state index contributed by atoms with van der Waals surface area (Å²) >= 11 is 0. The van der Waals surface area contributed by atoms with Crippen molar-refractivity contribution in [1.29, 1.82) is 0 Å². The van der Waals surface area contributed by atoms with Crippen LogP contribution < -0.4 is 10.6 Å². The molecule has 0 saturated heterocycles. The summed E-state index contributed by atoms with van der Waals surface area (Å²) in [6.07, 6.45) is 16.0. The normalized spacial score (nSPS) is 19.5. The quantitative estimate of drug-likeness (QED) is 0.856. The van der Waals surface area contributed by atoms with E-state index in [1.54, 1.807) is 10.7 Å². The third-order valence-electron chi connectivity index (χ3n) is 5.85. The fourth-order valence-corrected chi connectivity index (χ4v) is 4.28. The van der Waals surface area contributed by atoms with E-state index in [-0.39, 0.29) is 5.91 Å². The molecule has 2 aliphatic rings. The molecule has 1 amide bonds. The van der Waals surface area contributed by atoms with Crippen molar-refractivity contribution in [3.05, 3.63) is 24.0 Å². The van der Waals surface area contributed by atoms with Crippen LogP contribution in [0.2, 0.25) is 0 Å². The summed E-state index contributed by atoms with van der Waals surface area (Å²) in [4.78, 5) is 17.3. The van der Waals surface area contributed by atoms with Gasteiger partial charge in [-0.15, -0.1) is 0 Å². The molecule has 2 aromatic rings. The molecule has 6 nitrogen and oxygen atoms in total. The number of fused-ring (bicyclic) bond motifs is 1. The van der Waals surface area contributed by atoms with Crippen LogP contribution in [0.15, 0.2) is 18.5 Å². The van der Waals surface area contributed by atoms with Crippen LogP contribution in [0.25, 0.3) is 5.65 Å². The van der Waals surface area contributed by atoms with Crippen LogP contribution in [0, 0.1) is 5.92 Å². The first kappa shape index (κ1) is 17.3.